The second kappa shape index (κ2) is 9.63. The van der Waals surface area contributed by atoms with Crippen molar-refractivity contribution in [3.63, 3.8) is 0 Å². The Bertz CT molecular complexity index is 767. The van der Waals surface area contributed by atoms with Crippen molar-refractivity contribution in [1.29, 1.82) is 0 Å². The molecule has 2 aromatic rings. The van der Waals surface area contributed by atoms with E-state index in [2.05, 4.69) is 6.58 Å². The smallest absolute Gasteiger partial charge is 0.187 e. The molecule has 29 heavy (non-hydrogen) atoms. The van der Waals surface area contributed by atoms with E-state index in [1.165, 1.54) is 0 Å². The first kappa shape index (κ1) is 20.2. The van der Waals surface area contributed by atoms with Gasteiger partial charge in [-0.3, -0.25) is 0 Å². The predicted octanol–water partition coefficient (Wildman–Crippen LogP) is 2.97. The van der Waals surface area contributed by atoms with Gasteiger partial charge in [0.2, 0.25) is 0 Å². The number of hydrogen-bond donors (Lipinski definition) is 1. The molecular formula is C23H26O6. The van der Waals surface area contributed by atoms with E-state index >= 15 is 0 Å². The largest absolute Gasteiger partial charge is 0.387 e. The number of fused-ring (bicyclic) bond motifs is 1. The first-order valence-corrected chi connectivity index (χ1v) is 9.80. The third kappa shape index (κ3) is 4.75. The number of hydrogen-bond acceptors (Lipinski definition) is 6. The molecular weight excluding hydrogens is 372 g/mol. The molecule has 2 saturated heterocycles. The van der Waals surface area contributed by atoms with Gasteiger partial charge in [-0.05, 0) is 5.56 Å². The number of benzene rings is 2. The second-order valence-corrected chi connectivity index (χ2v) is 7.09. The minimum absolute atomic E-state index is 0.286. The third-order valence-corrected chi connectivity index (χ3v) is 5.04. The van der Waals surface area contributed by atoms with Crippen molar-refractivity contribution in [3.8, 4) is 0 Å². The van der Waals surface area contributed by atoms with Gasteiger partial charge in [-0.1, -0.05) is 66.7 Å². The molecule has 2 aliphatic heterocycles. The van der Waals surface area contributed by atoms with Gasteiger partial charge in [0.15, 0.2) is 12.6 Å². The SMILES string of the molecule is C=CCOC1OC2COC(c3ccccc3)OC2C(O)C1OCc1ccccc1. The lowest BCUT2D eigenvalue weighted by Gasteiger charge is -2.47. The van der Waals surface area contributed by atoms with E-state index in [1.54, 1.807) is 6.08 Å². The van der Waals surface area contributed by atoms with E-state index in [1.807, 2.05) is 60.7 Å². The maximum atomic E-state index is 11.1. The number of aliphatic hydroxyl groups is 1. The topological polar surface area (TPSA) is 66.4 Å². The monoisotopic (exact) mass is 398 g/mol. The van der Waals surface area contributed by atoms with Crippen molar-refractivity contribution in [1.82, 2.24) is 0 Å². The van der Waals surface area contributed by atoms with Gasteiger partial charge >= 0.3 is 0 Å². The normalized spacial score (nSPS) is 31.8. The average Bonchev–Trinajstić information content (AvgIpc) is 2.78. The number of aliphatic hydroxyl groups excluding tert-OH is 1. The van der Waals surface area contributed by atoms with Crippen LogP contribution in [0.3, 0.4) is 0 Å². The Morgan fingerprint density at radius 1 is 1.00 bits per heavy atom. The van der Waals surface area contributed by atoms with E-state index < -0.39 is 37.0 Å². The van der Waals surface area contributed by atoms with Crippen LogP contribution in [0.25, 0.3) is 0 Å². The molecule has 0 amide bonds. The fourth-order valence-electron chi connectivity index (χ4n) is 3.59. The molecule has 6 unspecified atom stereocenters. The standard InChI is InChI=1S/C23H26O6/c1-2-13-25-23-21(26-14-16-9-5-3-6-10-16)19(24)20-18(28-23)15-27-22(29-20)17-11-7-4-8-12-17/h2-12,18-24H,1,13-15H2. The van der Waals surface area contributed by atoms with Crippen molar-refractivity contribution in [2.75, 3.05) is 13.2 Å². The summed E-state index contributed by atoms with van der Waals surface area (Å²) in [6.45, 7) is 4.58. The summed E-state index contributed by atoms with van der Waals surface area (Å²) in [4.78, 5) is 0. The maximum Gasteiger partial charge on any atom is 0.187 e. The summed E-state index contributed by atoms with van der Waals surface area (Å²) in [5.41, 5.74) is 1.89. The van der Waals surface area contributed by atoms with E-state index in [0.717, 1.165) is 11.1 Å². The Morgan fingerprint density at radius 2 is 1.72 bits per heavy atom. The van der Waals surface area contributed by atoms with Crippen LogP contribution in [-0.2, 0) is 30.3 Å². The molecule has 0 radical (unpaired) electrons. The van der Waals surface area contributed by atoms with Crippen molar-refractivity contribution >= 4 is 0 Å². The number of rotatable bonds is 7. The molecule has 0 saturated carbocycles. The van der Waals surface area contributed by atoms with Crippen molar-refractivity contribution < 1.29 is 28.8 Å². The fourth-order valence-corrected chi connectivity index (χ4v) is 3.59. The Kier molecular flexibility index (Phi) is 6.71. The molecule has 0 spiro atoms. The van der Waals surface area contributed by atoms with Crippen LogP contribution in [0.15, 0.2) is 73.3 Å². The molecule has 6 atom stereocenters. The highest BCUT2D eigenvalue weighted by atomic mass is 16.8. The zero-order valence-electron chi connectivity index (χ0n) is 16.1. The molecule has 2 fully saturated rings. The summed E-state index contributed by atoms with van der Waals surface area (Å²) in [6, 6.07) is 19.4. The maximum absolute atomic E-state index is 11.1. The van der Waals surface area contributed by atoms with Crippen LogP contribution in [0.5, 0.6) is 0 Å². The van der Waals surface area contributed by atoms with Crippen molar-refractivity contribution in [2.45, 2.75) is 43.6 Å². The number of ether oxygens (including phenoxy) is 5. The quantitative estimate of drug-likeness (QED) is 0.724. The van der Waals surface area contributed by atoms with Crippen LogP contribution in [0.1, 0.15) is 17.4 Å². The molecule has 2 aliphatic rings. The second-order valence-electron chi connectivity index (χ2n) is 7.09. The van der Waals surface area contributed by atoms with E-state index in [-0.39, 0.29) is 6.61 Å². The molecule has 2 heterocycles. The molecule has 0 aromatic heterocycles. The first-order chi connectivity index (χ1) is 14.3. The summed E-state index contributed by atoms with van der Waals surface area (Å²) < 4.78 is 29.7. The van der Waals surface area contributed by atoms with Crippen LogP contribution < -0.4 is 0 Å². The zero-order chi connectivity index (χ0) is 20.1. The van der Waals surface area contributed by atoms with Crippen LogP contribution in [-0.4, -0.2) is 49.0 Å². The Hall–Kier alpha value is -2.06. The molecule has 1 N–H and O–H groups in total. The predicted molar refractivity (Wildman–Crippen MR) is 106 cm³/mol. The molecule has 6 nitrogen and oxygen atoms in total. The highest BCUT2D eigenvalue weighted by Crippen LogP contribution is 2.35. The summed E-state index contributed by atoms with van der Waals surface area (Å²) in [5, 5.41) is 11.1. The summed E-state index contributed by atoms with van der Waals surface area (Å²) in [6.07, 6.45) is -2.33. The molecule has 2 aromatic carbocycles. The van der Waals surface area contributed by atoms with E-state index in [0.29, 0.717) is 13.2 Å². The average molecular weight is 398 g/mol. The Morgan fingerprint density at radius 3 is 2.45 bits per heavy atom. The van der Waals surface area contributed by atoms with Crippen LogP contribution in [0.4, 0.5) is 0 Å². The van der Waals surface area contributed by atoms with Gasteiger partial charge in [0, 0.05) is 5.56 Å². The molecule has 6 heteroatoms. The lowest BCUT2D eigenvalue weighted by molar-refractivity contribution is -0.365. The Labute approximate surface area is 170 Å². The molecule has 4 rings (SSSR count). The minimum atomic E-state index is -0.928. The van der Waals surface area contributed by atoms with Gasteiger partial charge in [-0.15, -0.1) is 6.58 Å². The lowest BCUT2D eigenvalue weighted by atomic mass is 9.97. The van der Waals surface area contributed by atoms with Crippen LogP contribution >= 0.6 is 0 Å². The van der Waals surface area contributed by atoms with Gasteiger partial charge in [0.05, 0.1) is 19.8 Å². The van der Waals surface area contributed by atoms with Gasteiger partial charge < -0.3 is 28.8 Å². The first-order valence-electron chi connectivity index (χ1n) is 9.80. The van der Waals surface area contributed by atoms with Crippen LogP contribution in [0.2, 0.25) is 0 Å². The third-order valence-electron chi connectivity index (χ3n) is 5.04. The highest BCUT2D eigenvalue weighted by Gasteiger charge is 2.50. The summed E-state index contributed by atoms with van der Waals surface area (Å²) in [7, 11) is 0. The van der Waals surface area contributed by atoms with Gasteiger partial charge in [0.25, 0.3) is 0 Å². The minimum Gasteiger partial charge on any atom is -0.387 e. The lowest BCUT2D eigenvalue weighted by Crippen LogP contribution is -2.62. The molecule has 0 bridgehead atoms. The Balaban J connectivity index is 1.48. The van der Waals surface area contributed by atoms with Crippen molar-refractivity contribution in [2.24, 2.45) is 0 Å². The van der Waals surface area contributed by atoms with Gasteiger partial charge in [-0.25, -0.2) is 0 Å². The van der Waals surface area contributed by atoms with Gasteiger partial charge in [0.1, 0.15) is 24.4 Å². The fraction of sp³-hybridized carbons (Fsp3) is 0.391. The van der Waals surface area contributed by atoms with E-state index in [4.69, 9.17) is 23.7 Å². The molecule has 154 valence electrons. The van der Waals surface area contributed by atoms with Gasteiger partial charge in [-0.2, -0.15) is 0 Å². The molecule has 0 aliphatic carbocycles. The zero-order valence-corrected chi connectivity index (χ0v) is 16.1. The van der Waals surface area contributed by atoms with E-state index in [9.17, 15) is 5.11 Å². The van der Waals surface area contributed by atoms with Crippen molar-refractivity contribution in [3.05, 3.63) is 84.4 Å². The highest BCUT2D eigenvalue weighted by molar-refractivity contribution is 5.17. The summed E-state index contributed by atoms with van der Waals surface area (Å²) >= 11 is 0. The van der Waals surface area contributed by atoms with Crippen LogP contribution in [0, 0.1) is 0 Å². The summed E-state index contributed by atoms with van der Waals surface area (Å²) in [5.74, 6) is 0.